The van der Waals surface area contributed by atoms with E-state index in [4.69, 9.17) is 4.74 Å². The molecule has 1 N–H and O–H groups in total. The third-order valence-electron chi connectivity index (χ3n) is 2.83. The zero-order valence-electron chi connectivity index (χ0n) is 11.5. The van der Waals surface area contributed by atoms with E-state index < -0.39 is 0 Å². The Morgan fingerprint density at radius 3 is 2.70 bits per heavy atom. The van der Waals surface area contributed by atoms with Crippen LogP contribution < -0.4 is 10.1 Å². The van der Waals surface area contributed by atoms with E-state index in [0.717, 1.165) is 17.1 Å². The number of nitrogens with one attached hydrogen (secondary N) is 1. The second-order valence-corrected chi connectivity index (χ2v) is 4.71. The lowest BCUT2D eigenvalue weighted by Crippen LogP contribution is -2.25. The molecule has 0 unspecified atom stereocenters. The van der Waals surface area contributed by atoms with E-state index in [9.17, 15) is 4.79 Å². The van der Waals surface area contributed by atoms with Gasteiger partial charge in [0.2, 0.25) is 0 Å². The highest BCUT2D eigenvalue weighted by Crippen LogP contribution is 2.16. The van der Waals surface area contributed by atoms with Crippen LogP contribution in [0.5, 0.6) is 5.75 Å². The smallest absolute Gasteiger partial charge is 0.271 e. The van der Waals surface area contributed by atoms with Crippen LogP contribution in [0.2, 0.25) is 0 Å². The molecule has 0 aliphatic carbocycles. The second-order valence-electron chi connectivity index (χ2n) is 4.26. The first kappa shape index (κ1) is 14.5. The Kier molecular flexibility index (Phi) is 4.68. The van der Waals surface area contributed by atoms with Gasteiger partial charge in [0.25, 0.3) is 5.91 Å². The van der Waals surface area contributed by atoms with Crippen molar-refractivity contribution in [3.63, 3.8) is 0 Å². The van der Waals surface area contributed by atoms with Crippen molar-refractivity contribution in [1.29, 1.82) is 0 Å². The van der Waals surface area contributed by atoms with Gasteiger partial charge in [-0.15, -0.1) is 0 Å². The number of aromatic nitrogens is 2. The molecule has 1 aromatic carbocycles. The molecule has 106 valence electrons. The first-order chi connectivity index (χ1) is 9.65. The van der Waals surface area contributed by atoms with Crippen LogP contribution in [0.25, 0.3) is 5.69 Å². The average molecular weight is 291 g/mol. The Hall–Kier alpha value is -1.95. The molecule has 0 saturated heterocycles. The lowest BCUT2D eigenvalue weighted by atomic mass is 10.3. The molecule has 0 atom stereocenters. The Bertz CT molecular complexity index is 593. The van der Waals surface area contributed by atoms with E-state index >= 15 is 0 Å². The van der Waals surface area contributed by atoms with E-state index in [0.29, 0.717) is 18.0 Å². The predicted molar refractivity (Wildman–Crippen MR) is 81.0 cm³/mol. The zero-order valence-corrected chi connectivity index (χ0v) is 12.4. The van der Waals surface area contributed by atoms with Crippen molar-refractivity contribution in [3.8, 4) is 11.4 Å². The maximum Gasteiger partial charge on any atom is 0.271 e. The van der Waals surface area contributed by atoms with Gasteiger partial charge >= 0.3 is 0 Å². The fourth-order valence-corrected chi connectivity index (χ4v) is 1.94. The van der Waals surface area contributed by atoms with E-state index in [1.54, 1.807) is 17.9 Å². The number of amides is 1. The topological polar surface area (TPSA) is 56.2 Å². The minimum absolute atomic E-state index is 0.186. The average Bonchev–Trinajstić information content (AvgIpc) is 2.87. The van der Waals surface area contributed by atoms with Gasteiger partial charge in [0.15, 0.2) is 5.69 Å². The van der Waals surface area contributed by atoms with Crippen molar-refractivity contribution < 1.29 is 9.53 Å². The summed E-state index contributed by atoms with van der Waals surface area (Å²) in [6.45, 7) is 2.43. The molecule has 0 radical (unpaired) electrons. The second kappa shape index (κ2) is 6.47. The molecule has 1 aromatic heterocycles. The maximum atomic E-state index is 11.9. The third kappa shape index (κ3) is 3.14. The summed E-state index contributed by atoms with van der Waals surface area (Å²) in [6, 6.07) is 9.27. The summed E-state index contributed by atoms with van der Waals surface area (Å²) in [7, 11) is 1.62. The number of benzene rings is 1. The van der Waals surface area contributed by atoms with Gasteiger partial charge in [-0.2, -0.15) is 17.7 Å². The van der Waals surface area contributed by atoms with Gasteiger partial charge in [-0.25, -0.2) is 4.68 Å². The number of carbonyl (C=O) groups excluding carboxylic acids is 1. The van der Waals surface area contributed by atoms with Gasteiger partial charge in [0.1, 0.15) is 5.75 Å². The summed E-state index contributed by atoms with van der Waals surface area (Å²) in [5, 5.41) is 7.07. The van der Waals surface area contributed by atoms with E-state index in [-0.39, 0.29) is 5.91 Å². The van der Waals surface area contributed by atoms with Crippen LogP contribution in [0.3, 0.4) is 0 Å². The highest BCUT2D eigenvalue weighted by molar-refractivity contribution is 7.80. The Labute approximate surface area is 123 Å². The maximum absolute atomic E-state index is 11.9. The number of thiol groups is 1. The summed E-state index contributed by atoms with van der Waals surface area (Å²) in [5.41, 5.74) is 2.18. The number of hydrogen-bond donors (Lipinski definition) is 2. The van der Waals surface area contributed by atoms with Crippen LogP contribution in [0, 0.1) is 6.92 Å². The molecule has 0 aliphatic rings. The number of rotatable bonds is 5. The van der Waals surface area contributed by atoms with Gasteiger partial charge < -0.3 is 10.1 Å². The number of methoxy groups -OCH3 is 1. The molecule has 0 aliphatic heterocycles. The monoisotopic (exact) mass is 291 g/mol. The SMILES string of the molecule is COc1ccc(-n2nc(C(=O)NCCS)cc2C)cc1. The first-order valence-electron chi connectivity index (χ1n) is 6.26. The summed E-state index contributed by atoms with van der Waals surface area (Å²) >= 11 is 4.06. The number of ether oxygens (including phenoxy) is 1. The van der Waals surface area contributed by atoms with Crippen LogP contribution in [-0.2, 0) is 0 Å². The number of aryl methyl sites for hydroxylation is 1. The van der Waals surface area contributed by atoms with Gasteiger partial charge in [0, 0.05) is 18.0 Å². The van der Waals surface area contributed by atoms with Crippen LogP contribution in [0.4, 0.5) is 0 Å². The minimum Gasteiger partial charge on any atom is -0.497 e. The van der Waals surface area contributed by atoms with Crippen molar-refractivity contribution in [1.82, 2.24) is 15.1 Å². The van der Waals surface area contributed by atoms with Crippen molar-refractivity contribution in [2.45, 2.75) is 6.92 Å². The normalized spacial score (nSPS) is 10.3. The molecular weight excluding hydrogens is 274 g/mol. The lowest BCUT2D eigenvalue weighted by molar-refractivity contribution is 0.0951. The summed E-state index contributed by atoms with van der Waals surface area (Å²) in [5.74, 6) is 1.20. The summed E-state index contributed by atoms with van der Waals surface area (Å²) in [4.78, 5) is 11.9. The van der Waals surface area contributed by atoms with Crippen LogP contribution in [-0.4, -0.2) is 35.1 Å². The van der Waals surface area contributed by atoms with Crippen LogP contribution >= 0.6 is 12.6 Å². The molecule has 20 heavy (non-hydrogen) atoms. The van der Waals surface area contributed by atoms with E-state index in [1.807, 2.05) is 31.2 Å². The van der Waals surface area contributed by atoms with Gasteiger partial charge in [-0.1, -0.05) is 0 Å². The highest BCUT2D eigenvalue weighted by Gasteiger charge is 2.12. The minimum atomic E-state index is -0.186. The molecule has 0 fully saturated rings. The standard InChI is InChI=1S/C14H17N3O2S/c1-10-9-13(14(18)15-7-8-20)16-17(10)11-3-5-12(19-2)6-4-11/h3-6,9,20H,7-8H2,1-2H3,(H,15,18). The van der Waals surface area contributed by atoms with Gasteiger partial charge in [-0.05, 0) is 37.3 Å². The fraction of sp³-hybridized carbons (Fsp3) is 0.286. The molecule has 1 heterocycles. The molecule has 2 rings (SSSR count). The number of carbonyl (C=O) groups is 1. The summed E-state index contributed by atoms with van der Waals surface area (Å²) < 4.78 is 6.85. The molecule has 0 spiro atoms. The molecule has 2 aromatic rings. The molecule has 6 heteroatoms. The fourth-order valence-electron chi connectivity index (χ4n) is 1.83. The first-order valence-corrected chi connectivity index (χ1v) is 6.89. The van der Waals surface area contributed by atoms with Crippen molar-refractivity contribution in [2.75, 3.05) is 19.4 Å². The van der Waals surface area contributed by atoms with Gasteiger partial charge in [0.05, 0.1) is 12.8 Å². The molecule has 1 amide bonds. The van der Waals surface area contributed by atoms with Crippen molar-refractivity contribution in [2.24, 2.45) is 0 Å². The largest absolute Gasteiger partial charge is 0.497 e. The highest BCUT2D eigenvalue weighted by atomic mass is 32.1. The molecular formula is C14H17N3O2S. The lowest BCUT2D eigenvalue weighted by Gasteiger charge is -2.05. The Balaban J connectivity index is 2.24. The van der Waals surface area contributed by atoms with E-state index in [2.05, 4.69) is 23.0 Å². The Morgan fingerprint density at radius 1 is 1.40 bits per heavy atom. The van der Waals surface area contributed by atoms with Crippen LogP contribution in [0.15, 0.2) is 30.3 Å². The van der Waals surface area contributed by atoms with Gasteiger partial charge in [-0.3, -0.25) is 4.79 Å². The zero-order chi connectivity index (χ0) is 14.5. The Morgan fingerprint density at radius 2 is 2.10 bits per heavy atom. The number of hydrogen-bond acceptors (Lipinski definition) is 4. The number of nitrogens with zero attached hydrogens (tertiary/aromatic N) is 2. The molecule has 0 saturated carbocycles. The van der Waals surface area contributed by atoms with Crippen LogP contribution in [0.1, 0.15) is 16.2 Å². The third-order valence-corrected chi connectivity index (χ3v) is 3.06. The molecule has 5 nitrogen and oxygen atoms in total. The van der Waals surface area contributed by atoms with Crippen molar-refractivity contribution >= 4 is 18.5 Å². The molecule has 0 bridgehead atoms. The predicted octanol–water partition coefficient (Wildman–Crippen LogP) is 1.85. The van der Waals surface area contributed by atoms with Crippen molar-refractivity contribution in [3.05, 3.63) is 41.7 Å². The van der Waals surface area contributed by atoms with E-state index in [1.165, 1.54) is 0 Å². The summed E-state index contributed by atoms with van der Waals surface area (Å²) in [6.07, 6.45) is 0. The quantitative estimate of drug-likeness (QED) is 0.827.